The van der Waals surface area contributed by atoms with Crippen molar-refractivity contribution in [2.75, 3.05) is 19.3 Å². The average molecular weight is 421 g/mol. The van der Waals surface area contributed by atoms with Gasteiger partial charge in [-0.25, -0.2) is 0 Å². The van der Waals surface area contributed by atoms with Crippen LogP contribution < -0.4 is 10.1 Å². The molecule has 0 atom stereocenters. The average Bonchev–Trinajstić information content (AvgIpc) is 2.93. The Labute approximate surface area is 175 Å². The van der Waals surface area contributed by atoms with Crippen LogP contribution in [0.2, 0.25) is 0 Å². The molecular weight excluding hydrogens is 392 g/mol. The van der Waals surface area contributed by atoms with Gasteiger partial charge in [-0.15, -0.1) is 0 Å². The molecule has 1 N–H and O–H groups in total. The molecule has 3 rings (SSSR count). The van der Waals surface area contributed by atoms with E-state index in [9.17, 15) is 14.9 Å². The number of benzene rings is 1. The lowest BCUT2D eigenvalue weighted by atomic mass is 9.86. The molecular formula is C21H28N2O5S. The fraction of sp³-hybridized carbons (Fsp3) is 0.571. The van der Waals surface area contributed by atoms with Gasteiger partial charge in [0.05, 0.1) is 22.4 Å². The van der Waals surface area contributed by atoms with Gasteiger partial charge in [-0.3, -0.25) is 14.9 Å². The van der Waals surface area contributed by atoms with Crippen molar-refractivity contribution >= 4 is 29.4 Å². The number of nitro groups is 1. The highest BCUT2D eigenvalue weighted by Crippen LogP contribution is 2.31. The zero-order valence-electron chi connectivity index (χ0n) is 16.6. The second kappa shape index (κ2) is 11.2. The summed E-state index contributed by atoms with van der Waals surface area (Å²) in [4.78, 5) is 23.5. The Hall–Kier alpha value is -2.06. The number of rotatable bonds is 8. The van der Waals surface area contributed by atoms with E-state index in [1.54, 1.807) is 18.2 Å². The third-order valence-corrected chi connectivity index (χ3v) is 6.22. The highest BCUT2D eigenvalue weighted by Gasteiger charge is 2.18. The topological polar surface area (TPSA) is 90.7 Å². The fourth-order valence-electron chi connectivity index (χ4n) is 3.76. The molecule has 0 spiro atoms. The molecule has 1 heterocycles. The second-order valence-electron chi connectivity index (χ2n) is 7.46. The summed E-state index contributed by atoms with van der Waals surface area (Å²) in [5.41, 5.74) is 0.503. The minimum Gasteiger partial charge on any atom is -0.487 e. The summed E-state index contributed by atoms with van der Waals surface area (Å²) in [6.45, 7) is 0.639. The van der Waals surface area contributed by atoms with Crippen LogP contribution in [0.25, 0.3) is 6.08 Å². The van der Waals surface area contributed by atoms with Gasteiger partial charge < -0.3 is 14.8 Å². The van der Waals surface area contributed by atoms with Crippen LogP contribution in [-0.4, -0.2) is 30.1 Å². The molecule has 0 aromatic heterocycles. The summed E-state index contributed by atoms with van der Waals surface area (Å²) in [6, 6.07) is 4.79. The minimum absolute atomic E-state index is 0.0816. The molecule has 1 aromatic rings. The predicted molar refractivity (Wildman–Crippen MR) is 114 cm³/mol. The quantitative estimate of drug-likeness (QED) is 0.279. The maximum absolute atomic E-state index is 12.0. The first-order valence-corrected chi connectivity index (χ1v) is 11.2. The minimum atomic E-state index is -0.442. The van der Waals surface area contributed by atoms with Crippen molar-refractivity contribution in [1.29, 1.82) is 0 Å². The number of carbonyl (C=O) groups excluding carboxylic acids is 1. The molecule has 1 aliphatic carbocycles. The van der Waals surface area contributed by atoms with Gasteiger partial charge in [0, 0.05) is 6.07 Å². The van der Waals surface area contributed by atoms with E-state index in [0.717, 1.165) is 18.8 Å². The molecule has 2 fully saturated rings. The lowest BCUT2D eigenvalue weighted by molar-refractivity contribution is -0.385. The van der Waals surface area contributed by atoms with Crippen LogP contribution in [0, 0.1) is 16.0 Å². The van der Waals surface area contributed by atoms with E-state index in [0.29, 0.717) is 23.0 Å². The van der Waals surface area contributed by atoms with E-state index < -0.39 is 4.92 Å². The van der Waals surface area contributed by atoms with Crippen molar-refractivity contribution in [2.45, 2.75) is 51.4 Å². The smallest absolute Gasteiger partial charge is 0.311 e. The van der Waals surface area contributed by atoms with E-state index in [1.165, 1.54) is 56.4 Å². The van der Waals surface area contributed by atoms with Crippen molar-refractivity contribution in [1.82, 2.24) is 5.32 Å². The Morgan fingerprint density at radius 1 is 1.28 bits per heavy atom. The van der Waals surface area contributed by atoms with Crippen LogP contribution in [0.5, 0.6) is 5.75 Å². The maximum atomic E-state index is 12.0. The van der Waals surface area contributed by atoms with E-state index in [-0.39, 0.29) is 24.1 Å². The number of hydrogen-bond donors (Lipinski definition) is 1. The van der Waals surface area contributed by atoms with Gasteiger partial charge >= 0.3 is 5.69 Å². The van der Waals surface area contributed by atoms with Gasteiger partial charge in [0.25, 0.3) is 5.91 Å². The zero-order valence-corrected chi connectivity index (χ0v) is 17.4. The fourth-order valence-corrected chi connectivity index (χ4v) is 4.47. The molecule has 8 heteroatoms. The van der Waals surface area contributed by atoms with Gasteiger partial charge in [0.1, 0.15) is 6.73 Å². The molecule has 1 saturated heterocycles. The lowest BCUT2D eigenvalue weighted by Crippen LogP contribution is -2.23. The number of carbonyl (C=O) groups is 1. The summed E-state index contributed by atoms with van der Waals surface area (Å²) in [5.74, 6) is 1.23. The molecule has 158 valence electrons. The van der Waals surface area contributed by atoms with Crippen LogP contribution >= 0.6 is 11.8 Å². The molecule has 0 radical (unpaired) electrons. The van der Waals surface area contributed by atoms with Crippen molar-refractivity contribution in [3.63, 3.8) is 0 Å². The number of nitrogens with one attached hydrogen (secondary N) is 1. The van der Waals surface area contributed by atoms with Gasteiger partial charge in [0.2, 0.25) is 0 Å². The Morgan fingerprint density at radius 3 is 2.90 bits per heavy atom. The molecule has 1 saturated carbocycles. The molecule has 7 nitrogen and oxygen atoms in total. The molecule has 1 amide bonds. The first-order valence-electron chi connectivity index (χ1n) is 10.2. The SMILES string of the molecule is O=C1NCOCS/C1=C\c1ccc(OCCCCC2CCCCC2)c([N+](=O)[O-])c1. The molecule has 29 heavy (non-hydrogen) atoms. The van der Waals surface area contributed by atoms with Gasteiger partial charge in [0.15, 0.2) is 5.75 Å². The van der Waals surface area contributed by atoms with Crippen LogP contribution in [0.1, 0.15) is 56.9 Å². The van der Waals surface area contributed by atoms with E-state index in [1.807, 2.05) is 0 Å². The normalized spacial score (nSPS) is 19.6. The number of thioether (sulfide) groups is 1. The van der Waals surface area contributed by atoms with Gasteiger partial charge in [-0.1, -0.05) is 56.4 Å². The predicted octanol–water partition coefficient (Wildman–Crippen LogP) is 4.86. The number of amides is 1. The van der Waals surface area contributed by atoms with E-state index >= 15 is 0 Å². The molecule has 0 bridgehead atoms. The van der Waals surface area contributed by atoms with Crippen LogP contribution in [0.15, 0.2) is 23.1 Å². The van der Waals surface area contributed by atoms with Crippen molar-refractivity contribution in [3.05, 3.63) is 38.8 Å². The largest absolute Gasteiger partial charge is 0.487 e. The van der Waals surface area contributed by atoms with Crippen LogP contribution in [0.4, 0.5) is 5.69 Å². The number of hydrogen-bond acceptors (Lipinski definition) is 6. The van der Waals surface area contributed by atoms with E-state index in [4.69, 9.17) is 9.47 Å². The lowest BCUT2D eigenvalue weighted by Gasteiger charge is -2.21. The Morgan fingerprint density at radius 2 is 2.10 bits per heavy atom. The van der Waals surface area contributed by atoms with Crippen LogP contribution in [0.3, 0.4) is 0 Å². The van der Waals surface area contributed by atoms with Gasteiger partial charge in [-0.05, 0) is 36.5 Å². The molecule has 2 aliphatic rings. The Kier molecular flexibility index (Phi) is 8.37. The number of nitrogens with zero attached hydrogens (tertiary/aromatic N) is 1. The van der Waals surface area contributed by atoms with E-state index in [2.05, 4.69) is 5.32 Å². The molecule has 1 aromatic carbocycles. The highest BCUT2D eigenvalue weighted by molar-refractivity contribution is 8.04. The second-order valence-corrected chi connectivity index (χ2v) is 8.42. The molecule has 1 aliphatic heterocycles. The Bertz CT molecular complexity index is 747. The monoisotopic (exact) mass is 420 g/mol. The summed E-state index contributed by atoms with van der Waals surface area (Å²) in [7, 11) is 0. The first-order chi connectivity index (χ1) is 14.1. The Balaban J connectivity index is 1.56. The third kappa shape index (κ3) is 6.75. The summed E-state index contributed by atoms with van der Waals surface area (Å²) in [6.07, 6.45) is 11.6. The van der Waals surface area contributed by atoms with Gasteiger partial charge in [-0.2, -0.15) is 0 Å². The third-order valence-electron chi connectivity index (χ3n) is 5.32. The summed E-state index contributed by atoms with van der Waals surface area (Å²) < 4.78 is 10.9. The zero-order chi connectivity index (χ0) is 20.5. The summed E-state index contributed by atoms with van der Waals surface area (Å²) in [5, 5.41) is 14.1. The maximum Gasteiger partial charge on any atom is 0.311 e. The molecule has 0 unspecified atom stereocenters. The van der Waals surface area contributed by atoms with Crippen molar-refractivity contribution < 1.29 is 19.2 Å². The first kappa shape index (κ1) is 21.6. The number of ether oxygens (including phenoxy) is 2. The number of unbranched alkanes of at least 4 members (excludes halogenated alkanes) is 1. The van der Waals surface area contributed by atoms with Crippen molar-refractivity contribution in [3.8, 4) is 5.75 Å². The highest BCUT2D eigenvalue weighted by atomic mass is 32.2. The van der Waals surface area contributed by atoms with Crippen LogP contribution in [-0.2, 0) is 9.53 Å². The number of nitro benzene ring substituents is 1. The van der Waals surface area contributed by atoms with Crippen molar-refractivity contribution in [2.24, 2.45) is 5.92 Å². The summed E-state index contributed by atoms with van der Waals surface area (Å²) >= 11 is 1.26. The standard InChI is InChI=1S/C21H28N2O5S/c24-21-20(29-15-27-14-22-21)13-17-9-10-19(18(12-17)23(25)26)28-11-5-4-8-16-6-2-1-3-7-16/h9-10,12-13,16H,1-8,11,14-15H2,(H,22,24)/b20-13-.